The number of hydrogen-bond acceptors (Lipinski definition) is 7. The number of nitrogens with zero attached hydrogens (tertiary/aromatic N) is 3. The van der Waals surface area contributed by atoms with Gasteiger partial charge in [-0.3, -0.25) is 9.69 Å². The predicted molar refractivity (Wildman–Crippen MR) is 147 cm³/mol. The van der Waals surface area contributed by atoms with Crippen molar-refractivity contribution in [2.75, 3.05) is 16.9 Å². The summed E-state index contributed by atoms with van der Waals surface area (Å²) in [6.45, 7) is 4.94. The molecule has 180 valence electrons. The van der Waals surface area contributed by atoms with E-state index in [-0.39, 0.29) is 17.3 Å². The SMILES string of the molecule is CCC1(C)Cc2c(sc3nc(SC)nc(SCC(=O)N(c4ccccc4)c4ccccc4)c23)CO1. The molecule has 0 fully saturated rings. The second-order valence-electron chi connectivity index (χ2n) is 8.66. The van der Waals surface area contributed by atoms with Crippen LogP contribution >= 0.6 is 34.9 Å². The number of rotatable bonds is 7. The third-order valence-corrected chi connectivity index (χ3v) is 8.93. The highest BCUT2D eigenvalue weighted by Gasteiger charge is 2.33. The van der Waals surface area contributed by atoms with Crippen molar-refractivity contribution in [2.45, 2.75) is 49.1 Å². The van der Waals surface area contributed by atoms with Gasteiger partial charge in [-0.1, -0.05) is 66.8 Å². The number of carbonyl (C=O) groups excluding carboxylic acids is 1. The minimum atomic E-state index is -0.186. The van der Waals surface area contributed by atoms with Crippen LogP contribution in [0, 0.1) is 0 Å². The molecule has 0 spiro atoms. The number of thioether (sulfide) groups is 2. The maximum Gasteiger partial charge on any atom is 0.241 e. The van der Waals surface area contributed by atoms with Crippen LogP contribution in [0.4, 0.5) is 11.4 Å². The lowest BCUT2D eigenvalue weighted by atomic mass is 9.90. The summed E-state index contributed by atoms with van der Waals surface area (Å²) in [5.74, 6) is 0.284. The molecule has 4 aromatic rings. The van der Waals surface area contributed by atoms with Crippen LogP contribution in [-0.4, -0.2) is 33.5 Å². The average molecular weight is 522 g/mol. The van der Waals surface area contributed by atoms with E-state index in [1.165, 1.54) is 34.0 Å². The van der Waals surface area contributed by atoms with Gasteiger partial charge in [-0.25, -0.2) is 9.97 Å². The molecule has 0 bridgehead atoms. The Bertz CT molecular complexity index is 1300. The number of amides is 1. The molecule has 1 aliphatic heterocycles. The van der Waals surface area contributed by atoms with E-state index in [1.54, 1.807) is 16.2 Å². The van der Waals surface area contributed by atoms with Gasteiger partial charge in [-0.15, -0.1) is 11.3 Å². The van der Waals surface area contributed by atoms with Gasteiger partial charge in [0.15, 0.2) is 5.16 Å². The zero-order chi connectivity index (χ0) is 24.4. The molecule has 1 atom stereocenters. The number of fused-ring (bicyclic) bond motifs is 3. The highest BCUT2D eigenvalue weighted by atomic mass is 32.2. The highest BCUT2D eigenvalue weighted by Crippen LogP contribution is 2.43. The van der Waals surface area contributed by atoms with Gasteiger partial charge in [0.1, 0.15) is 9.86 Å². The topological polar surface area (TPSA) is 55.3 Å². The highest BCUT2D eigenvalue weighted by molar-refractivity contribution is 8.00. The molecule has 35 heavy (non-hydrogen) atoms. The van der Waals surface area contributed by atoms with Crippen LogP contribution in [0.3, 0.4) is 0 Å². The second kappa shape index (κ2) is 10.3. The van der Waals surface area contributed by atoms with E-state index in [0.29, 0.717) is 6.61 Å². The Hall–Kier alpha value is -2.39. The molecule has 5 rings (SSSR count). The number of benzene rings is 2. The molecular weight excluding hydrogens is 495 g/mol. The molecule has 0 N–H and O–H groups in total. The molecule has 1 unspecified atom stereocenters. The van der Waals surface area contributed by atoms with Crippen molar-refractivity contribution in [1.29, 1.82) is 0 Å². The molecule has 0 aliphatic carbocycles. The molecule has 0 radical (unpaired) electrons. The van der Waals surface area contributed by atoms with Crippen molar-refractivity contribution >= 4 is 62.4 Å². The maximum atomic E-state index is 13.6. The normalized spacial score (nSPS) is 17.3. The van der Waals surface area contributed by atoms with Crippen molar-refractivity contribution in [3.05, 3.63) is 71.1 Å². The number of hydrogen-bond donors (Lipinski definition) is 0. The van der Waals surface area contributed by atoms with Crippen LogP contribution in [0.5, 0.6) is 0 Å². The number of para-hydroxylation sites is 2. The first-order valence-corrected chi connectivity index (χ1v) is 14.6. The van der Waals surface area contributed by atoms with E-state index < -0.39 is 0 Å². The van der Waals surface area contributed by atoms with Gasteiger partial charge in [0.25, 0.3) is 0 Å². The first kappa shape index (κ1) is 24.3. The Balaban J connectivity index is 1.49. The standard InChI is InChI=1S/C27H27N3O2S3/c1-4-27(2)15-20-21(16-32-27)35-25-23(20)24(28-26(29-25)33-3)34-17-22(31)30(18-11-7-5-8-12-18)19-13-9-6-10-14-19/h5-14H,4,15-17H2,1-3H3. The van der Waals surface area contributed by atoms with Crippen molar-refractivity contribution in [2.24, 2.45) is 0 Å². The smallest absolute Gasteiger partial charge is 0.241 e. The van der Waals surface area contributed by atoms with Crippen LogP contribution in [0.1, 0.15) is 30.7 Å². The average Bonchev–Trinajstić information content (AvgIpc) is 3.26. The minimum Gasteiger partial charge on any atom is -0.369 e. The lowest BCUT2D eigenvalue weighted by molar-refractivity contribution is -0.115. The quantitative estimate of drug-likeness (QED) is 0.147. The van der Waals surface area contributed by atoms with Gasteiger partial charge in [0.2, 0.25) is 5.91 Å². The molecule has 1 aliphatic rings. The molecule has 0 saturated carbocycles. The Morgan fingerprint density at radius 2 is 1.74 bits per heavy atom. The molecule has 3 heterocycles. The van der Waals surface area contributed by atoms with Gasteiger partial charge in [0.05, 0.1) is 18.0 Å². The number of ether oxygens (including phenoxy) is 1. The van der Waals surface area contributed by atoms with Gasteiger partial charge in [-0.2, -0.15) is 0 Å². The van der Waals surface area contributed by atoms with Crippen LogP contribution in [0.15, 0.2) is 70.8 Å². The molecule has 1 amide bonds. The van der Waals surface area contributed by atoms with Gasteiger partial charge in [-0.05, 0) is 49.4 Å². The fourth-order valence-electron chi connectivity index (χ4n) is 4.23. The van der Waals surface area contributed by atoms with Crippen LogP contribution in [0.2, 0.25) is 0 Å². The summed E-state index contributed by atoms with van der Waals surface area (Å²) in [6, 6.07) is 19.6. The van der Waals surface area contributed by atoms with Crippen molar-refractivity contribution in [1.82, 2.24) is 9.97 Å². The molecule has 2 aromatic carbocycles. The molecule has 8 heteroatoms. The maximum absolute atomic E-state index is 13.6. The number of thiophene rings is 1. The van der Waals surface area contributed by atoms with Crippen LogP contribution in [-0.2, 0) is 22.6 Å². The summed E-state index contributed by atoms with van der Waals surface area (Å²) in [7, 11) is 0. The van der Waals surface area contributed by atoms with Crippen LogP contribution < -0.4 is 4.90 Å². The van der Waals surface area contributed by atoms with E-state index in [2.05, 4.69) is 13.8 Å². The summed E-state index contributed by atoms with van der Waals surface area (Å²) in [4.78, 5) is 27.3. The first-order valence-electron chi connectivity index (χ1n) is 11.6. The number of carbonyl (C=O) groups is 1. The first-order chi connectivity index (χ1) is 17.0. The predicted octanol–water partition coefficient (Wildman–Crippen LogP) is 7.11. The third kappa shape index (κ3) is 4.98. The van der Waals surface area contributed by atoms with Crippen LogP contribution in [0.25, 0.3) is 10.2 Å². The molecular formula is C27H27N3O2S3. The van der Waals surface area contributed by atoms with Crippen molar-refractivity contribution < 1.29 is 9.53 Å². The lowest BCUT2D eigenvalue weighted by Crippen LogP contribution is -2.33. The Morgan fingerprint density at radius 1 is 1.09 bits per heavy atom. The Morgan fingerprint density at radius 3 is 2.34 bits per heavy atom. The minimum absolute atomic E-state index is 0.00990. The largest absolute Gasteiger partial charge is 0.369 e. The zero-order valence-electron chi connectivity index (χ0n) is 20.0. The third-order valence-electron chi connectivity index (χ3n) is 6.32. The Labute approximate surface area is 218 Å². The fraction of sp³-hybridized carbons (Fsp3) is 0.296. The van der Waals surface area contributed by atoms with E-state index in [1.807, 2.05) is 66.9 Å². The number of anilines is 2. The summed E-state index contributed by atoms with van der Waals surface area (Å²) in [6.07, 6.45) is 3.76. The number of aromatic nitrogens is 2. The monoisotopic (exact) mass is 521 g/mol. The Kier molecular flexibility index (Phi) is 7.16. The summed E-state index contributed by atoms with van der Waals surface area (Å²) in [5.41, 5.74) is 2.80. The van der Waals surface area contributed by atoms with E-state index in [4.69, 9.17) is 14.7 Å². The van der Waals surface area contributed by atoms with Gasteiger partial charge >= 0.3 is 0 Å². The molecule has 2 aromatic heterocycles. The van der Waals surface area contributed by atoms with E-state index in [9.17, 15) is 4.79 Å². The lowest BCUT2D eigenvalue weighted by Gasteiger charge is -2.33. The van der Waals surface area contributed by atoms with Crippen molar-refractivity contribution in [3.63, 3.8) is 0 Å². The van der Waals surface area contributed by atoms with Gasteiger partial charge < -0.3 is 4.74 Å². The summed E-state index contributed by atoms with van der Waals surface area (Å²) in [5, 5.41) is 2.70. The molecule has 0 saturated heterocycles. The van der Waals surface area contributed by atoms with Crippen molar-refractivity contribution in [3.8, 4) is 0 Å². The summed E-state index contributed by atoms with van der Waals surface area (Å²) < 4.78 is 6.18. The van der Waals surface area contributed by atoms with E-state index >= 15 is 0 Å². The zero-order valence-corrected chi connectivity index (χ0v) is 22.4. The summed E-state index contributed by atoms with van der Waals surface area (Å²) >= 11 is 4.72. The van der Waals surface area contributed by atoms with E-state index in [0.717, 1.165) is 44.6 Å². The fourth-order valence-corrected chi connectivity index (χ4v) is 6.78. The van der Waals surface area contributed by atoms with Gasteiger partial charge in [0, 0.05) is 28.1 Å². The second-order valence-corrected chi connectivity index (χ2v) is 11.5. The molecule has 5 nitrogen and oxygen atoms in total.